The van der Waals surface area contributed by atoms with Crippen LogP contribution in [-0.4, -0.2) is 47.7 Å². The molecule has 100 valence electrons. The van der Waals surface area contributed by atoms with Crippen LogP contribution in [0.25, 0.3) is 0 Å². The van der Waals surface area contributed by atoms with Gasteiger partial charge in [0.15, 0.2) is 0 Å². The average Bonchev–Trinajstić information content (AvgIpc) is 2.79. The molecule has 17 heavy (non-hydrogen) atoms. The average molecular weight is 242 g/mol. The third kappa shape index (κ3) is 5.04. The number of aliphatic hydroxyl groups is 1. The molecule has 2 N–H and O–H groups in total. The molecule has 4 nitrogen and oxygen atoms in total. The molecule has 1 aliphatic carbocycles. The Morgan fingerprint density at radius 2 is 2.06 bits per heavy atom. The third-order valence-electron chi connectivity index (χ3n) is 3.40. The van der Waals surface area contributed by atoms with E-state index in [9.17, 15) is 4.79 Å². The Morgan fingerprint density at radius 3 is 2.59 bits per heavy atom. The second-order valence-electron chi connectivity index (χ2n) is 5.12. The van der Waals surface area contributed by atoms with E-state index in [1.54, 1.807) is 0 Å². The van der Waals surface area contributed by atoms with E-state index < -0.39 is 0 Å². The van der Waals surface area contributed by atoms with Gasteiger partial charge in [-0.25, -0.2) is 0 Å². The minimum absolute atomic E-state index is 0.145. The van der Waals surface area contributed by atoms with Gasteiger partial charge in [0.1, 0.15) is 0 Å². The standard InChI is InChI=1S/C13H26N2O2/c1-11(2)15(8-5-9-16)13(17)10-14-12-6-3-4-7-12/h11-12,14,16H,3-10H2,1-2H3. The molecule has 0 aromatic rings. The first-order chi connectivity index (χ1) is 8.15. The highest BCUT2D eigenvalue weighted by molar-refractivity contribution is 5.78. The number of carbonyl (C=O) groups is 1. The highest BCUT2D eigenvalue weighted by Crippen LogP contribution is 2.17. The highest BCUT2D eigenvalue weighted by atomic mass is 16.3. The number of nitrogens with one attached hydrogen (secondary N) is 1. The molecule has 1 rings (SSSR count). The summed E-state index contributed by atoms with van der Waals surface area (Å²) in [5.74, 6) is 0.153. The number of amides is 1. The maximum absolute atomic E-state index is 12.0. The van der Waals surface area contributed by atoms with E-state index in [-0.39, 0.29) is 18.6 Å². The van der Waals surface area contributed by atoms with Crippen LogP contribution in [0.4, 0.5) is 0 Å². The molecule has 0 atom stereocenters. The van der Waals surface area contributed by atoms with Gasteiger partial charge in [-0.2, -0.15) is 0 Å². The highest BCUT2D eigenvalue weighted by Gasteiger charge is 2.19. The lowest BCUT2D eigenvalue weighted by molar-refractivity contribution is -0.132. The van der Waals surface area contributed by atoms with Crippen molar-refractivity contribution in [3.63, 3.8) is 0 Å². The summed E-state index contributed by atoms with van der Waals surface area (Å²) in [7, 11) is 0. The summed E-state index contributed by atoms with van der Waals surface area (Å²) in [5.41, 5.74) is 0. The van der Waals surface area contributed by atoms with Crippen LogP contribution < -0.4 is 5.32 Å². The van der Waals surface area contributed by atoms with E-state index in [1.807, 2.05) is 18.7 Å². The molecular formula is C13H26N2O2. The Labute approximate surface area is 104 Å². The molecule has 0 aromatic carbocycles. The largest absolute Gasteiger partial charge is 0.396 e. The molecule has 0 radical (unpaired) electrons. The molecule has 1 aliphatic rings. The lowest BCUT2D eigenvalue weighted by Gasteiger charge is -2.27. The lowest BCUT2D eigenvalue weighted by atomic mass is 10.2. The smallest absolute Gasteiger partial charge is 0.236 e. The number of rotatable bonds is 7. The fourth-order valence-electron chi connectivity index (χ4n) is 2.38. The van der Waals surface area contributed by atoms with Gasteiger partial charge < -0.3 is 15.3 Å². The molecule has 4 heteroatoms. The Kier molecular flexibility index (Phi) is 6.52. The van der Waals surface area contributed by atoms with E-state index in [2.05, 4.69) is 5.32 Å². The van der Waals surface area contributed by atoms with Crippen molar-refractivity contribution in [1.82, 2.24) is 10.2 Å². The predicted molar refractivity (Wildman–Crippen MR) is 68.8 cm³/mol. The number of aliphatic hydroxyl groups excluding tert-OH is 1. The molecule has 0 bridgehead atoms. The predicted octanol–water partition coefficient (Wildman–Crippen LogP) is 1.14. The first-order valence-electron chi connectivity index (χ1n) is 6.79. The quantitative estimate of drug-likeness (QED) is 0.704. The van der Waals surface area contributed by atoms with Crippen LogP contribution in [0, 0.1) is 0 Å². The van der Waals surface area contributed by atoms with E-state index in [0.717, 1.165) is 0 Å². The molecule has 0 aromatic heterocycles. The molecule has 0 unspecified atom stereocenters. The summed E-state index contributed by atoms with van der Waals surface area (Å²) < 4.78 is 0. The van der Waals surface area contributed by atoms with Crippen molar-refractivity contribution in [3.8, 4) is 0 Å². The maximum atomic E-state index is 12.0. The van der Waals surface area contributed by atoms with Gasteiger partial charge in [0.05, 0.1) is 6.54 Å². The van der Waals surface area contributed by atoms with Gasteiger partial charge in [0, 0.05) is 25.2 Å². The Bertz CT molecular complexity index is 225. The van der Waals surface area contributed by atoms with Crippen molar-refractivity contribution < 1.29 is 9.90 Å². The van der Waals surface area contributed by atoms with Gasteiger partial charge >= 0.3 is 0 Å². The van der Waals surface area contributed by atoms with Gasteiger partial charge in [0.25, 0.3) is 0 Å². The fraction of sp³-hybridized carbons (Fsp3) is 0.923. The molecule has 0 saturated heterocycles. The Morgan fingerprint density at radius 1 is 1.41 bits per heavy atom. The van der Waals surface area contributed by atoms with E-state index >= 15 is 0 Å². The fourth-order valence-corrected chi connectivity index (χ4v) is 2.38. The van der Waals surface area contributed by atoms with Gasteiger partial charge in [-0.15, -0.1) is 0 Å². The van der Waals surface area contributed by atoms with Crippen LogP contribution in [0.15, 0.2) is 0 Å². The second-order valence-corrected chi connectivity index (χ2v) is 5.12. The summed E-state index contributed by atoms with van der Waals surface area (Å²) in [6, 6.07) is 0.741. The SMILES string of the molecule is CC(C)N(CCCO)C(=O)CNC1CCCC1. The summed E-state index contributed by atoms with van der Waals surface area (Å²) in [5, 5.41) is 12.2. The van der Waals surface area contributed by atoms with Crippen LogP contribution in [0.1, 0.15) is 46.0 Å². The first kappa shape index (κ1) is 14.5. The monoisotopic (exact) mass is 242 g/mol. The molecule has 0 aliphatic heterocycles. The maximum Gasteiger partial charge on any atom is 0.236 e. The van der Waals surface area contributed by atoms with Crippen LogP contribution in [0.5, 0.6) is 0 Å². The van der Waals surface area contributed by atoms with Crippen LogP contribution in [0.2, 0.25) is 0 Å². The zero-order chi connectivity index (χ0) is 12.7. The van der Waals surface area contributed by atoms with E-state index in [4.69, 9.17) is 5.11 Å². The number of hydrogen-bond acceptors (Lipinski definition) is 3. The summed E-state index contributed by atoms with van der Waals surface area (Å²) >= 11 is 0. The normalized spacial score (nSPS) is 16.7. The second kappa shape index (κ2) is 7.67. The zero-order valence-corrected chi connectivity index (χ0v) is 11.1. The zero-order valence-electron chi connectivity index (χ0n) is 11.1. The lowest BCUT2D eigenvalue weighted by Crippen LogP contribution is -2.44. The van der Waals surface area contributed by atoms with Gasteiger partial charge in [0.2, 0.25) is 5.91 Å². The number of hydrogen-bond donors (Lipinski definition) is 2. The van der Waals surface area contributed by atoms with Crippen molar-refractivity contribution in [2.24, 2.45) is 0 Å². The summed E-state index contributed by atoms with van der Waals surface area (Å²) in [6.07, 6.45) is 5.62. The number of carbonyl (C=O) groups excluding carboxylic acids is 1. The molecule has 1 amide bonds. The van der Waals surface area contributed by atoms with Gasteiger partial charge in [-0.05, 0) is 33.1 Å². The van der Waals surface area contributed by atoms with Crippen molar-refractivity contribution in [2.75, 3.05) is 19.7 Å². The van der Waals surface area contributed by atoms with E-state index in [0.29, 0.717) is 25.6 Å². The summed E-state index contributed by atoms with van der Waals surface area (Å²) in [4.78, 5) is 13.9. The van der Waals surface area contributed by atoms with Crippen LogP contribution >= 0.6 is 0 Å². The first-order valence-corrected chi connectivity index (χ1v) is 6.79. The van der Waals surface area contributed by atoms with Gasteiger partial charge in [-0.3, -0.25) is 4.79 Å². The minimum atomic E-state index is 0.145. The van der Waals surface area contributed by atoms with Crippen LogP contribution in [0.3, 0.4) is 0 Å². The van der Waals surface area contributed by atoms with Crippen molar-refractivity contribution >= 4 is 5.91 Å². The molecular weight excluding hydrogens is 216 g/mol. The minimum Gasteiger partial charge on any atom is -0.396 e. The summed E-state index contributed by atoms with van der Waals surface area (Å²) in [6.45, 7) is 5.27. The van der Waals surface area contributed by atoms with Gasteiger partial charge in [-0.1, -0.05) is 12.8 Å². The van der Waals surface area contributed by atoms with Crippen molar-refractivity contribution in [1.29, 1.82) is 0 Å². The Hall–Kier alpha value is -0.610. The molecule has 1 saturated carbocycles. The molecule has 0 spiro atoms. The van der Waals surface area contributed by atoms with Crippen molar-refractivity contribution in [3.05, 3.63) is 0 Å². The Balaban J connectivity index is 2.30. The van der Waals surface area contributed by atoms with E-state index in [1.165, 1.54) is 25.7 Å². The number of nitrogens with zero attached hydrogens (tertiary/aromatic N) is 1. The topological polar surface area (TPSA) is 52.6 Å². The van der Waals surface area contributed by atoms with Crippen molar-refractivity contribution in [2.45, 2.75) is 58.0 Å². The third-order valence-corrected chi connectivity index (χ3v) is 3.40. The molecule has 1 fully saturated rings. The molecule has 0 heterocycles. The van der Waals surface area contributed by atoms with Crippen LogP contribution in [-0.2, 0) is 4.79 Å².